The van der Waals surface area contributed by atoms with Crippen LogP contribution >= 0.6 is 0 Å². The summed E-state index contributed by atoms with van der Waals surface area (Å²) in [7, 11) is 1.61. The van der Waals surface area contributed by atoms with Gasteiger partial charge in [-0.05, 0) is 23.3 Å². The van der Waals surface area contributed by atoms with Gasteiger partial charge in [0, 0.05) is 0 Å². The number of hydrazone groups is 1. The van der Waals surface area contributed by atoms with Crippen molar-refractivity contribution in [1.29, 1.82) is 0 Å². The van der Waals surface area contributed by atoms with Crippen LogP contribution < -0.4 is 10.2 Å². The van der Waals surface area contributed by atoms with Gasteiger partial charge in [0.2, 0.25) is 5.91 Å². The molecule has 0 spiro atoms. The van der Waals surface area contributed by atoms with Gasteiger partial charge in [0.25, 0.3) is 0 Å². The summed E-state index contributed by atoms with van der Waals surface area (Å²) in [6, 6.07) is 17.0. The molecule has 0 saturated heterocycles. The largest absolute Gasteiger partial charge is 0.497 e. The van der Waals surface area contributed by atoms with Crippen molar-refractivity contribution in [3.8, 4) is 5.75 Å². The second kappa shape index (κ2) is 7.09. The zero-order valence-corrected chi connectivity index (χ0v) is 11.2. The number of nitrogens with one attached hydrogen (secondary N) is 1. The van der Waals surface area contributed by atoms with Crippen molar-refractivity contribution < 1.29 is 9.53 Å². The summed E-state index contributed by atoms with van der Waals surface area (Å²) in [5.74, 6) is 0.611. The van der Waals surface area contributed by atoms with E-state index in [0.717, 1.165) is 16.9 Å². The van der Waals surface area contributed by atoms with Gasteiger partial charge in [-0.25, -0.2) is 5.43 Å². The minimum Gasteiger partial charge on any atom is -0.497 e. The highest BCUT2D eigenvalue weighted by Gasteiger charge is 2.00. The Hall–Kier alpha value is -2.62. The molecular formula is C16H16N2O2. The molecule has 0 aliphatic carbocycles. The molecule has 20 heavy (non-hydrogen) atoms. The van der Waals surface area contributed by atoms with Gasteiger partial charge in [0.1, 0.15) is 5.75 Å². The number of ether oxygens (including phenoxy) is 1. The quantitative estimate of drug-likeness (QED) is 0.668. The van der Waals surface area contributed by atoms with Crippen LogP contribution in [0.2, 0.25) is 0 Å². The van der Waals surface area contributed by atoms with Crippen LogP contribution in [0.5, 0.6) is 5.75 Å². The molecule has 0 aliphatic heterocycles. The number of nitrogens with zero attached hydrogens (tertiary/aromatic N) is 1. The molecule has 0 aliphatic rings. The van der Waals surface area contributed by atoms with Crippen molar-refractivity contribution in [2.75, 3.05) is 7.11 Å². The van der Waals surface area contributed by atoms with E-state index in [1.54, 1.807) is 13.3 Å². The van der Waals surface area contributed by atoms with Crippen LogP contribution in [0.1, 0.15) is 11.1 Å². The molecule has 0 atom stereocenters. The molecule has 1 amide bonds. The van der Waals surface area contributed by atoms with E-state index in [1.807, 2.05) is 54.6 Å². The second-order valence-electron chi connectivity index (χ2n) is 4.23. The Morgan fingerprint density at radius 1 is 1.20 bits per heavy atom. The molecule has 4 heteroatoms. The molecule has 0 fully saturated rings. The third-order valence-corrected chi connectivity index (χ3v) is 2.70. The van der Waals surface area contributed by atoms with Crippen molar-refractivity contribution in [2.24, 2.45) is 5.10 Å². The molecular weight excluding hydrogens is 252 g/mol. The third kappa shape index (κ3) is 4.24. The van der Waals surface area contributed by atoms with Crippen LogP contribution in [0.3, 0.4) is 0 Å². The maximum absolute atomic E-state index is 11.7. The molecule has 102 valence electrons. The minimum atomic E-state index is -0.143. The van der Waals surface area contributed by atoms with Crippen LogP contribution in [0, 0.1) is 0 Å². The summed E-state index contributed by atoms with van der Waals surface area (Å²) in [5, 5.41) is 3.93. The number of hydrogen-bond donors (Lipinski definition) is 1. The average molecular weight is 268 g/mol. The van der Waals surface area contributed by atoms with Crippen LogP contribution in [0.25, 0.3) is 0 Å². The Balaban J connectivity index is 1.88. The van der Waals surface area contributed by atoms with Gasteiger partial charge >= 0.3 is 0 Å². The Labute approximate surface area is 118 Å². The highest BCUT2D eigenvalue weighted by Crippen LogP contribution is 2.10. The molecule has 0 radical (unpaired) electrons. The summed E-state index contributed by atoms with van der Waals surface area (Å²) in [6.45, 7) is 0. The van der Waals surface area contributed by atoms with E-state index in [0.29, 0.717) is 6.42 Å². The molecule has 0 bridgehead atoms. The molecule has 0 heterocycles. The van der Waals surface area contributed by atoms with Crippen LogP contribution in [-0.2, 0) is 11.2 Å². The molecule has 0 unspecified atom stereocenters. The van der Waals surface area contributed by atoms with E-state index in [4.69, 9.17) is 4.74 Å². The van der Waals surface area contributed by atoms with Gasteiger partial charge in [-0.3, -0.25) is 4.79 Å². The predicted molar refractivity (Wildman–Crippen MR) is 78.9 cm³/mol. The first kappa shape index (κ1) is 13.8. The van der Waals surface area contributed by atoms with Crippen molar-refractivity contribution in [3.63, 3.8) is 0 Å². The zero-order valence-electron chi connectivity index (χ0n) is 11.2. The lowest BCUT2D eigenvalue weighted by Gasteiger charge is -2.01. The predicted octanol–water partition coefficient (Wildman–Crippen LogP) is 2.39. The molecule has 2 aromatic carbocycles. The smallest absolute Gasteiger partial charge is 0.244 e. The van der Waals surface area contributed by atoms with Crippen molar-refractivity contribution in [3.05, 3.63) is 65.7 Å². The molecule has 2 rings (SSSR count). The normalized spacial score (nSPS) is 10.4. The SMILES string of the molecule is COc1cccc(C=NNC(=O)Cc2ccccc2)c1. The maximum atomic E-state index is 11.7. The molecule has 4 nitrogen and oxygen atoms in total. The summed E-state index contributed by atoms with van der Waals surface area (Å²) in [5.41, 5.74) is 4.33. The lowest BCUT2D eigenvalue weighted by atomic mass is 10.1. The van der Waals surface area contributed by atoms with E-state index in [9.17, 15) is 4.79 Å². The number of carbonyl (C=O) groups is 1. The highest BCUT2D eigenvalue weighted by molar-refractivity contribution is 5.83. The number of methoxy groups -OCH3 is 1. The van der Waals surface area contributed by atoms with Crippen LogP contribution in [0.15, 0.2) is 59.7 Å². The standard InChI is InChI=1S/C16H16N2O2/c1-20-15-9-5-8-14(10-15)12-17-18-16(19)11-13-6-3-2-4-7-13/h2-10,12H,11H2,1H3,(H,18,19). The number of rotatable bonds is 5. The Kier molecular flexibility index (Phi) is 4.89. The van der Waals surface area contributed by atoms with E-state index in [-0.39, 0.29) is 5.91 Å². The first-order valence-electron chi connectivity index (χ1n) is 6.28. The zero-order chi connectivity index (χ0) is 14.2. The first-order valence-corrected chi connectivity index (χ1v) is 6.28. The minimum absolute atomic E-state index is 0.143. The fourth-order valence-corrected chi connectivity index (χ4v) is 1.72. The monoisotopic (exact) mass is 268 g/mol. The fraction of sp³-hybridized carbons (Fsp3) is 0.125. The molecule has 2 aromatic rings. The summed E-state index contributed by atoms with van der Waals surface area (Å²) >= 11 is 0. The van der Waals surface area contributed by atoms with Crippen molar-refractivity contribution in [1.82, 2.24) is 5.43 Å². The highest BCUT2D eigenvalue weighted by atomic mass is 16.5. The maximum Gasteiger partial charge on any atom is 0.244 e. The lowest BCUT2D eigenvalue weighted by molar-refractivity contribution is -0.120. The van der Waals surface area contributed by atoms with Crippen LogP contribution in [0.4, 0.5) is 0 Å². The van der Waals surface area contributed by atoms with Gasteiger partial charge < -0.3 is 4.74 Å². The summed E-state index contributed by atoms with van der Waals surface area (Å²) in [4.78, 5) is 11.7. The Morgan fingerprint density at radius 3 is 2.75 bits per heavy atom. The number of hydrogen-bond acceptors (Lipinski definition) is 3. The summed E-state index contributed by atoms with van der Waals surface area (Å²) < 4.78 is 5.11. The van der Waals surface area contributed by atoms with Gasteiger partial charge in [-0.15, -0.1) is 0 Å². The number of amides is 1. The Morgan fingerprint density at radius 2 is 2.00 bits per heavy atom. The van der Waals surface area contributed by atoms with Crippen molar-refractivity contribution in [2.45, 2.75) is 6.42 Å². The average Bonchev–Trinajstić information content (AvgIpc) is 2.48. The third-order valence-electron chi connectivity index (χ3n) is 2.70. The van der Waals surface area contributed by atoms with Gasteiger partial charge in [-0.2, -0.15) is 5.10 Å². The Bertz CT molecular complexity index is 594. The molecule has 0 aromatic heterocycles. The number of carbonyl (C=O) groups excluding carboxylic acids is 1. The topological polar surface area (TPSA) is 50.7 Å². The first-order chi connectivity index (χ1) is 9.78. The van der Waals surface area contributed by atoms with Crippen LogP contribution in [-0.4, -0.2) is 19.2 Å². The van der Waals surface area contributed by atoms with E-state index in [1.165, 1.54) is 0 Å². The molecule has 1 N–H and O–H groups in total. The van der Waals surface area contributed by atoms with Gasteiger partial charge in [0.15, 0.2) is 0 Å². The number of benzene rings is 2. The summed E-state index contributed by atoms with van der Waals surface area (Å²) in [6.07, 6.45) is 1.90. The van der Waals surface area contributed by atoms with Crippen molar-refractivity contribution >= 4 is 12.1 Å². The lowest BCUT2D eigenvalue weighted by Crippen LogP contribution is -2.19. The van der Waals surface area contributed by atoms with Gasteiger partial charge in [0.05, 0.1) is 19.7 Å². The van der Waals surface area contributed by atoms with E-state index in [2.05, 4.69) is 10.5 Å². The van der Waals surface area contributed by atoms with Gasteiger partial charge in [-0.1, -0.05) is 42.5 Å². The second-order valence-corrected chi connectivity index (χ2v) is 4.23. The van der Waals surface area contributed by atoms with E-state index >= 15 is 0 Å². The van der Waals surface area contributed by atoms with E-state index < -0.39 is 0 Å². The molecule has 0 saturated carbocycles. The fourth-order valence-electron chi connectivity index (χ4n) is 1.72.